The molecular formula is C30H28Cl2N6O2. The number of tetrazole rings is 1. The minimum Gasteiger partial charge on any atom is -0.304 e. The van der Waals surface area contributed by atoms with Gasteiger partial charge < -0.3 is 4.90 Å². The molecule has 10 heteroatoms. The molecule has 1 fully saturated rings. The summed E-state index contributed by atoms with van der Waals surface area (Å²) in [6, 6.07) is 20.5. The number of halogens is 2. The zero-order chi connectivity index (χ0) is 27.9. The number of rotatable bonds is 8. The highest BCUT2D eigenvalue weighted by Crippen LogP contribution is 2.34. The third-order valence-corrected chi connectivity index (χ3v) is 7.73. The molecule has 0 radical (unpaired) electrons. The Morgan fingerprint density at radius 3 is 2.30 bits per heavy atom. The van der Waals surface area contributed by atoms with Crippen molar-refractivity contribution in [1.82, 2.24) is 20.6 Å². The lowest BCUT2D eigenvalue weighted by atomic mass is 9.84. The standard InChI is InChI=1S/C30H28Cl2N6O2/c31-26-7-4-8-27(32)25(26)17-18-28(39)38(24-15-13-22(14-16-24)21-5-2-1-3-6-21)19-20-9-11-23(12-10-20)29(40)33-30-34-36-37-35-30/h4,7-18,21H,1-3,5-6,19H2,(H2,33,34,35,36,37,40). The van der Waals surface area contributed by atoms with E-state index in [1.165, 1.54) is 43.7 Å². The molecule has 0 unspecified atom stereocenters. The Labute approximate surface area is 242 Å². The monoisotopic (exact) mass is 574 g/mol. The number of H-pyrrole nitrogens is 1. The maximum Gasteiger partial charge on any atom is 0.270 e. The van der Waals surface area contributed by atoms with Crippen LogP contribution in [0.2, 0.25) is 10.0 Å². The zero-order valence-electron chi connectivity index (χ0n) is 21.7. The van der Waals surface area contributed by atoms with E-state index in [9.17, 15) is 9.59 Å². The molecule has 40 heavy (non-hydrogen) atoms. The molecule has 3 aromatic carbocycles. The van der Waals surface area contributed by atoms with Gasteiger partial charge >= 0.3 is 0 Å². The Kier molecular flexibility index (Phi) is 8.88. The molecule has 0 aliphatic heterocycles. The van der Waals surface area contributed by atoms with Gasteiger partial charge in [-0.3, -0.25) is 14.9 Å². The lowest BCUT2D eigenvalue weighted by Crippen LogP contribution is -2.28. The Balaban J connectivity index is 1.37. The Morgan fingerprint density at radius 2 is 1.65 bits per heavy atom. The topological polar surface area (TPSA) is 104 Å². The van der Waals surface area contributed by atoms with Crippen molar-refractivity contribution < 1.29 is 9.59 Å². The van der Waals surface area contributed by atoms with Crippen molar-refractivity contribution in [2.75, 3.05) is 10.2 Å². The third-order valence-electron chi connectivity index (χ3n) is 7.07. The van der Waals surface area contributed by atoms with Crippen LogP contribution in [0.3, 0.4) is 0 Å². The molecular weight excluding hydrogens is 547 g/mol. The Hall–Kier alpha value is -4.01. The first-order chi connectivity index (χ1) is 19.5. The van der Waals surface area contributed by atoms with E-state index >= 15 is 0 Å². The van der Waals surface area contributed by atoms with Crippen molar-refractivity contribution in [2.24, 2.45) is 0 Å². The number of carbonyl (C=O) groups is 2. The SMILES string of the molecule is O=C(Nc1nn[nH]n1)c1ccc(CN(C(=O)C=Cc2c(Cl)cccc2Cl)c2ccc(C3CCCCC3)cc2)cc1. The van der Waals surface area contributed by atoms with Crippen LogP contribution < -0.4 is 10.2 Å². The van der Waals surface area contributed by atoms with Gasteiger partial charge in [0.15, 0.2) is 0 Å². The second kappa shape index (κ2) is 12.9. The summed E-state index contributed by atoms with van der Waals surface area (Å²) in [5.74, 6) is 0.0762. The molecule has 1 aliphatic rings. The van der Waals surface area contributed by atoms with Crippen molar-refractivity contribution in [3.8, 4) is 0 Å². The van der Waals surface area contributed by atoms with E-state index in [4.69, 9.17) is 23.2 Å². The summed E-state index contributed by atoms with van der Waals surface area (Å²) in [5, 5.41) is 16.7. The average Bonchev–Trinajstić information content (AvgIpc) is 3.49. The van der Waals surface area contributed by atoms with Crippen molar-refractivity contribution in [2.45, 2.75) is 44.6 Å². The number of carbonyl (C=O) groups excluding carboxylic acids is 2. The molecule has 2 amide bonds. The molecule has 8 nitrogen and oxygen atoms in total. The minimum atomic E-state index is -0.362. The highest BCUT2D eigenvalue weighted by Gasteiger charge is 2.19. The molecule has 204 valence electrons. The van der Waals surface area contributed by atoms with Crippen LogP contribution in [0.25, 0.3) is 6.08 Å². The molecule has 0 atom stereocenters. The maximum atomic E-state index is 13.5. The minimum absolute atomic E-state index is 0.0907. The van der Waals surface area contributed by atoms with E-state index in [-0.39, 0.29) is 17.8 Å². The summed E-state index contributed by atoms with van der Waals surface area (Å²) in [6.45, 7) is 0.301. The number of benzene rings is 3. The lowest BCUT2D eigenvalue weighted by molar-refractivity contribution is -0.114. The number of aromatic nitrogens is 4. The first-order valence-electron chi connectivity index (χ1n) is 13.2. The van der Waals surface area contributed by atoms with Crippen LogP contribution in [0.15, 0.2) is 72.8 Å². The second-order valence-corrected chi connectivity index (χ2v) is 10.5. The maximum absolute atomic E-state index is 13.5. The quantitative estimate of drug-likeness (QED) is 0.219. The summed E-state index contributed by atoms with van der Waals surface area (Å²) in [4.78, 5) is 27.7. The fraction of sp³-hybridized carbons (Fsp3) is 0.233. The number of hydrogen-bond donors (Lipinski definition) is 2. The predicted octanol–water partition coefficient (Wildman–Crippen LogP) is 7.05. The number of nitrogens with zero attached hydrogens (tertiary/aromatic N) is 4. The van der Waals surface area contributed by atoms with Crippen LogP contribution in [-0.2, 0) is 11.3 Å². The van der Waals surface area contributed by atoms with Crippen molar-refractivity contribution in [1.29, 1.82) is 0 Å². The van der Waals surface area contributed by atoms with Crippen LogP contribution >= 0.6 is 23.2 Å². The Morgan fingerprint density at radius 1 is 0.950 bits per heavy atom. The van der Waals surface area contributed by atoms with Gasteiger partial charge in [0.25, 0.3) is 17.8 Å². The van der Waals surface area contributed by atoms with Gasteiger partial charge in [-0.1, -0.05) is 77.9 Å². The number of hydrogen-bond acceptors (Lipinski definition) is 5. The number of aromatic amines is 1. The highest BCUT2D eigenvalue weighted by atomic mass is 35.5. The van der Waals surface area contributed by atoms with E-state index in [1.54, 1.807) is 41.3 Å². The van der Waals surface area contributed by atoms with Gasteiger partial charge in [0.05, 0.1) is 6.54 Å². The fourth-order valence-corrected chi connectivity index (χ4v) is 5.43. The van der Waals surface area contributed by atoms with Crippen molar-refractivity contribution in [3.05, 3.63) is 105 Å². The molecule has 1 aromatic heterocycles. The van der Waals surface area contributed by atoms with Gasteiger partial charge in [-0.2, -0.15) is 5.21 Å². The highest BCUT2D eigenvalue weighted by molar-refractivity contribution is 6.37. The van der Waals surface area contributed by atoms with Gasteiger partial charge in [-0.15, -0.1) is 5.10 Å². The van der Waals surface area contributed by atoms with Crippen LogP contribution in [0.5, 0.6) is 0 Å². The van der Waals surface area contributed by atoms with Crippen LogP contribution in [0.4, 0.5) is 11.6 Å². The van der Waals surface area contributed by atoms with Gasteiger partial charge in [-0.05, 0) is 77.6 Å². The van der Waals surface area contributed by atoms with Gasteiger partial charge in [0.2, 0.25) is 0 Å². The van der Waals surface area contributed by atoms with E-state index in [0.29, 0.717) is 33.6 Å². The lowest BCUT2D eigenvalue weighted by Gasteiger charge is -2.25. The Bertz CT molecular complexity index is 1460. The molecule has 1 aliphatic carbocycles. The molecule has 2 N–H and O–H groups in total. The molecule has 4 aromatic rings. The second-order valence-electron chi connectivity index (χ2n) is 9.71. The van der Waals surface area contributed by atoms with Gasteiger partial charge in [0.1, 0.15) is 0 Å². The number of nitrogens with one attached hydrogen (secondary N) is 2. The third kappa shape index (κ3) is 6.76. The summed E-state index contributed by atoms with van der Waals surface area (Å²) >= 11 is 12.6. The fourth-order valence-electron chi connectivity index (χ4n) is 4.91. The first kappa shape index (κ1) is 27.6. The molecule has 1 saturated carbocycles. The van der Waals surface area contributed by atoms with Crippen LogP contribution in [0.1, 0.15) is 65.1 Å². The van der Waals surface area contributed by atoms with Gasteiger partial charge in [-0.25, -0.2) is 0 Å². The van der Waals surface area contributed by atoms with E-state index < -0.39 is 0 Å². The van der Waals surface area contributed by atoms with E-state index in [2.05, 4.69) is 38.1 Å². The molecule has 5 rings (SSSR count). The predicted molar refractivity (Wildman–Crippen MR) is 158 cm³/mol. The molecule has 0 saturated heterocycles. The number of amides is 2. The smallest absolute Gasteiger partial charge is 0.270 e. The average molecular weight is 576 g/mol. The normalized spacial score (nSPS) is 13.8. The molecule has 1 heterocycles. The van der Waals surface area contributed by atoms with Crippen molar-refractivity contribution >= 4 is 52.7 Å². The van der Waals surface area contributed by atoms with Gasteiger partial charge in [0, 0.05) is 32.9 Å². The summed E-state index contributed by atoms with van der Waals surface area (Å²) in [7, 11) is 0. The summed E-state index contributed by atoms with van der Waals surface area (Å²) < 4.78 is 0. The first-order valence-corrected chi connectivity index (χ1v) is 13.9. The van der Waals surface area contributed by atoms with Crippen LogP contribution in [-0.4, -0.2) is 32.4 Å². The number of anilines is 2. The van der Waals surface area contributed by atoms with Crippen molar-refractivity contribution in [3.63, 3.8) is 0 Å². The van der Waals surface area contributed by atoms with E-state index in [0.717, 1.165) is 11.3 Å². The van der Waals surface area contributed by atoms with Crippen LogP contribution in [0, 0.1) is 0 Å². The largest absolute Gasteiger partial charge is 0.304 e. The summed E-state index contributed by atoms with van der Waals surface area (Å²) in [6.07, 6.45) is 9.35. The molecule has 0 bridgehead atoms. The zero-order valence-corrected chi connectivity index (χ0v) is 23.2. The van der Waals surface area contributed by atoms with E-state index in [1.807, 2.05) is 24.3 Å². The summed E-state index contributed by atoms with van der Waals surface area (Å²) in [5.41, 5.74) is 3.95. The molecule has 0 spiro atoms.